The number of thioether (sulfide) groups is 1. The molecule has 0 aliphatic heterocycles. The normalized spacial score (nSPS) is 12.8. The molecule has 17 heavy (non-hydrogen) atoms. The lowest BCUT2D eigenvalue weighted by atomic mass is 10.3. The Balaban J connectivity index is 2.53. The minimum Gasteiger partial charge on any atom is -0.359 e. The van der Waals surface area contributed by atoms with E-state index in [0.29, 0.717) is 6.61 Å². The average molecular weight is 248 g/mol. The summed E-state index contributed by atoms with van der Waals surface area (Å²) in [6.45, 7) is 6.44. The number of hydrogen-bond acceptors (Lipinski definition) is 2. The summed E-state index contributed by atoms with van der Waals surface area (Å²) in [7, 11) is 0. The fraction of sp³-hybridized carbons (Fsp3) is 0.333. The quantitative estimate of drug-likeness (QED) is 0.376. The molecule has 0 spiro atoms. The van der Waals surface area contributed by atoms with Crippen molar-refractivity contribution in [2.75, 3.05) is 6.61 Å². The van der Waals surface area contributed by atoms with Gasteiger partial charge in [0.1, 0.15) is 5.44 Å². The summed E-state index contributed by atoms with van der Waals surface area (Å²) in [6, 6.07) is 10.3. The molecule has 92 valence electrons. The Labute approximate surface area is 109 Å². The van der Waals surface area contributed by atoms with Crippen molar-refractivity contribution in [2.24, 2.45) is 0 Å². The molecule has 1 aromatic rings. The first-order valence-corrected chi connectivity index (χ1v) is 6.85. The molecule has 1 atom stereocenters. The first-order chi connectivity index (χ1) is 8.36. The van der Waals surface area contributed by atoms with Gasteiger partial charge in [-0.15, -0.1) is 6.58 Å². The highest BCUT2D eigenvalue weighted by molar-refractivity contribution is 8.00. The van der Waals surface area contributed by atoms with Crippen molar-refractivity contribution in [3.63, 3.8) is 0 Å². The summed E-state index contributed by atoms with van der Waals surface area (Å²) in [4.78, 5) is 1.22. The Hall–Kier alpha value is -0.990. The monoisotopic (exact) mass is 248 g/mol. The summed E-state index contributed by atoms with van der Waals surface area (Å²) in [5.41, 5.74) is 0.0712. The maximum absolute atomic E-state index is 5.70. The molecule has 1 rings (SSSR count). The lowest BCUT2D eigenvalue weighted by Gasteiger charge is -2.12. The van der Waals surface area contributed by atoms with Crippen LogP contribution in [0, 0.1) is 0 Å². The number of ether oxygens (including phenoxy) is 1. The number of hydrogen-bond donors (Lipinski definition) is 0. The third kappa shape index (κ3) is 6.35. The van der Waals surface area contributed by atoms with Crippen LogP contribution in [0.4, 0.5) is 0 Å². The van der Waals surface area contributed by atoms with Gasteiger partial charge in [-0.05, 0) is 24.6 Å². The predicted molar refractivity (Wildman–Crippen MR) is 76.3 cm³/mol. The van der Waals surface area contributed by atoms with Crippen LogP contribution in [-0.2, 0) is 4.74 Å². The van der Waals surface area contributed by atoms with Crippen LogP contribution in [0.1, 0.15) is 19.8 Å². The number of benzene rings is 1. The van der Waals surface area contributed by atoms with Crippen LogP contribution in [-0.4, -0.2) is 12.0 Å². The van der Waals surface area contributed by atoms with E-state index in [2.05, 4.69) is 37.8 Å². The van der Waals surface area contributed by atoms with E-state index in [0.717, 1.165) is 6.42 Å². The van der Waals surface area contributed by atoms with Gasteiger partial charge in [-0.3, -0.25) is 0 Å². The first-order valence-electron chi connectivity index (χ1n) is 5.97. The van der Waals surface area contributed by atoms with E-state index in [1.54, 1.807) is 17.8 Å². The zero-order valence-corrected chi connectivity index (χ0v) is 11.2. The van der Waals surface area contributed by atoms with E-state index in [1.165, 1.54) is 11.3 Å². The largest absolute Gasteiger partial charge is 0.359 e. The molecule has 0 aliphatic carbocycles. The van der Waals surface area contributed by atoms with Crippen LogP contribution < -0.4 is 0 Å². The van der Waals surface area contributed by atoms with Gasteiger partial charge in [-0.2, -0.15) is 0 Å². The summed E-state index contributed by atoms with van der Waals surface area (Å²) in [5.74, 6) is 0. The predicted octanol–water partition coefficient (Wildman–Crippen LogP) is 4.66. The van der Waals surface area contributed by atoms with E-state index in [1.807, 2.05) is 18.2 Å². The van der Waals surface area contributed by atoms with Gasteiger partial charge in [0.25, 0.3) is 0 Å². The molecule has 0 heterocycles. The molecule has 1 aromatic carbocycles. The Morgan fingerprint density at radius 3 is 2.76 bits per heavy atom. The van der Waals surface area contributed by atoms with E-state index < -0.39 is 0 Å². The van der Waals surface area contributed by atoms with Crippen LogP contribution >= 0.6 is 11.8 Å². The molecule has 1 unspecified atom stereocenters. The zero-order chi connectivity index (χ0) is 12.3. The van der Waals surface area contributed by atoms with Crippen molar-refractivity contribution < 1.29 is 4.74 Å². The minimum absolute atomic E-state index is 0.0712. The van der Waals surface area contributed by atoms with E-state index >= 15 is 0 Å². The van der Waals surface area contributed by atoms with Crippen LogP contribution in [0.2, 0.25) is 0 Å². The van der Waals surface area contributed by atoms with Gasteiger partial charge < -0.3 is 4.74 Å². The highest BCUT2D eigenvalue weighted by Gasteiger charge is 2.05. The molecule has 0 fully saturated rings. The minimum atomic E-state index is 0.0712. The second-order valence-corrected chi connectivity index (χ2v) is 4.81. The third-order valence-electron chi connectivity index (χ3n) is 2.12. The van der Waals surface area contributed by atoms with Gasteiger partial charge in [-0.25, -0.2) is 0 Å². The average Bonchev–Trinajstić information content (AvgIpc) is 2.37. The number of rotatable bonds is 8. The SMILES string of the molecule is C=CCOC(/C=C/CCC)Sc1ccccc1. The molecule has 0 amide bonds. The topological polar surface area (TPSA) is 9.23 Å². The molecule has 0 N–H and O–H groups in total. The van der Waals surface area contributed by atoms with Crippen LogP contribution in [0.25, 0.3) is 0 Å². The number of unbranched alkanes of at least 4 members (excludes halogenated alkanes) is 1. The standard InChI is InChI=1S/C15H20OS/c1-3-5-7-12-15(16-13-4-2)17-14-10-8-6-9-11-14/h4,6-12,15H,2-3,5,13H2,1H3/b12-7+. The van der Waals surface area contributed by atoms with Gasteiger partial charge >= 0.3 is 0 Å². The lowest BCUT2D eigenvalue weighted by molar-refractivity contribution is 0.169. The number of allylic oxidation sites excluding steroid dienone is 1. The van der Waals surface area contributed by atoms with E-state index in [-0.39, 0.29) is 5.44 Å². The first kappa shape index (κ1) is 14.1. The maximum Gasteiger partial charge on any atom is 0.126 e. The van der Waals surface area contributed by atoms with Crippen molar-refractivity contribution >= 4 is 11.8 Å². The Morgan fingerprint density at radius 2 is 2.12 bits per heavy atom. The highest BCUT2D eigenvalue weighted by Crippen LogP contribution is 2.24. The Kier molecular flexibility index (Phi) is 7.52. The third-order valence-corrected chi connectivity index (χ3v) is 3.19. The Bertz CT molecular complexity index is 332. The van der Waals surface area contributed by atoms with Crippen LogP contribution in [0.5, 0.6) is 0 Å². The molecule has 0 saturated heterocycles. The summed E-state index contributed by atoms with van der Waals surface area (Å²) in [6.07, 6.45) is 8.37. The maximum atomic E-state index is 5.70. The fourth-order valence-corrected chi connectivity index (χ4v) is 2.22. The molecule has 0 radical (unpaired) electrons. The van der Waals surface area contributed by atoms with Gasteiger partial charge in [0, 0.05) is 4.90 Å². The molecule has 1 nitrogen and oxygen atoms in total. The van der Waals surface area contributed by atoms with Gasteiger partial charge in [0.2, 0.25) is 0 Å². The van der Waals surface area contributed by atoms with Crippen molar-refractivity contribution in [2.45, 2.75) is 30.1 Å². The van der Waals surface area contributed by atoms with Crippen molar-refractivity contribution in [3.05, 3.63) is 55.1 Å². The molecular weight excluding hydrogens is 228 g/mol. The van der Waals surface area contributed by atoms with Crippen molar-refractivity contribution in [1.29, 1.82) is 0 Å². The van der Waals surface area contributed by atoms with Crippen LogP contribution in [0.3, 0.4) is 0 Å². The summed E-state index contributed by atoms with van der Waals surface area (Å²) >= 11 is 1.72. The summed E-state index contributed by atoms with van der Waals surface area (Å²) in [5, 5.41) is 0. The van der Waals surface area contributed by atoms with Crippen molar-refractivity contribution in [1.82, 2.24) is 0 Å². The Morgan fingerprint density at radius 1 is 1.35 bits per heavy atom. The van der Waals surface area contributed by atoms with Gasteiger partial charge in [-0.1, -0.05) is 55.5 Å². The van der Waals surface area contributed by atoms with E-state index in [9.17, 15) is 0 Å². The smallest absolute Gasteiger partial charge is 0.126 e. The van der Waals surface area contributed by atoms with Crippen molar-refractivity contribution in [3.8, 4) is 0 Å². The van der Waals surface area contributed by atoms with Gasteiger partial charge in [0.05, 0.1) is 6.61 Å². The summed E-state index contributed by atoms with van der Waals surface area (Å²) < 4.78 is 5.70. The highest BCUT2D eigenvalue weighted by atomic mass is 32.2. The molecule has 2 heteroatoms. The zero-order valence-electron chi connectivity index (χ0n) is 10.3. The molecule has 0 aliphatic rings. The lowest BCUT2D eigenvalue weighted by Crippen LogP contribution is -2.04. The molecule has 0 aromatic heterocycles. The second kappa shape index (κ2) is 9.08. The molecular formula is C15H20OS. The molecule has 0 saturated carbocycles. The van der Waals surface area contributed by atoms with Crippen LogP contribution in [0.15, 0.2) is 60.0 Å². The molecule has 0 bridgehead atoms. The second-order valence-electron chi connectivity index (χ2n) is 3.64. The fourth-order valence-electron chi connectivity index (χ4n) is 1.30. The van der Waals surface area contributed by atoms with Gasteiger partial charge in [0.15, 0.2) is 0 Å². The van der Waals surface area contributed by atoms with E-state index in [4.69, 9.17) is 4.74 Å².